The van der Waals surface area contributed by atoms with Crippen LogP contribution in [0.2, 0.25) is 0 Å². The molecule has 2 amide bonds. The minimum atomic E-state index is -0.284. The summed E-state index contributed by atoms with van der Waals surface area (Å²) in [5.74, 6) is -0.512. The molecule has 5 nitrogen and oxygen atoms in total. The third-order valence-corrected chi connectivity index (χ3v) is 6.29. The number of benzene rings is 1. The Kier molecular flexibility index (Phi) is 5.05. The molecule has 1 aliphatic carbocycles. The Hall–Kier alpha value is -2.51. The van der Waals surface area contributed by atoms with Crippen LogP contribution in [0.5, 0.6) is 0 Å². The molecule has 4 rings (SSSR count). The van der Waals surface area contributed by atoms with Crippen molar-refractivity contribution in [1.29, 1.82) is 0 Å². The molecule has 2 N–H and O–H groups in total. The van der Waals surface area contributed by atoms with Gasteiger partial charge in [-0.05, 0) is 61.6 Å². The number of aromatic nitrogens is 1. The van der Waals surface area contributed by atoms with Crippen LogP contribution in [0.4, 0.5) is 5.13 Å². The number of hydrogen-bond donors (Lipinski definition) is 2. The van der Waals surface area contributed by atoms with E-state index in [9.17, 15) is 9.59 Å². The highest BCUT2D eigenvalue weighted by Gasteiger charge is 2.15. The van der Waals surface area contributed by atoms with Crippen LogP contribution in [0.25, 0.3) is 10.6 Å². The van der Waals surface area contributed by atoms with E-state index >= 15 is 0 Å². The van der Waals surface area contributed by atoms with Gasteiger partial charge < -0.3 is 10.6 Å². The van der Waals surface area contributed by atoms with Gasteiger partial charge >= 0.3 is 0 Å². The van der Waals surface area contributed by atoms with Crippen LogP contribution in [0, 0.1) is 6.92 Å². The standard InChI is InChI=1S/C20H19N3O2S2/c1-12-5-8-17(27-12)16-11-26-20(22-16)23-18(24)10-21-19(25)15-7-6-13-3-2-4-14(13)9-15/h5-9,11H,2-4,10H2,1H3,(H,21,25)(H,22,23,24). The number of anilines is 1. The van der Waals surface area contributed by atoms with Crippen molar-refractivity contribution in [2.24, 2.45) is 0 Å². The van der Waals surface area contributed by atoms with Gasteiger partial charge in [0.05, 0.1) is 17.1 Å². The molecule has 1 aromatic carbocycles. The molecule has 2 heterocycles. The first-order valence-electron chi connectivity index (χ1n) is 8.81. The second kappa shape index (κ2) is 7.62. The third kappa shape index (κ3) is 4.09. The number of fused-ring (bicyclic) bond motifs is 1. The normalized spacial score (nSPS) is 12.6. The lowest BCUT2D eigenvalue weighted by atomic mass is 10.1. The number of aryl methyl sites for hydroxylation is 3. The van der Waals surface area contributed by atoms with Gasteiger partial charge in [0.2, 0.25) is 5.91 Å². The summed E-state index contributed by atoms with van der Waals surface area (Å²) in [5.41, 5.74) is 4.03. The average Bonchev–Trinajstić information content (AvgIpc) is 3.39. The molecule has 0 fully saturated rings. The van der Waals surface area contributed by atoms with E-state index in [1.54, 1.807) is 11.3 Å². The zero-order valence-electron chi connectivity index (χ0n) is 14.9. The maximum absolute atomic E-state index is 12.3. The van der Waals surface area contributed by atoms with Crippen molar-refractivity contribution >= 4 is 39.6 Å². The van der Waals surface area contributed by atoms with Crippen molar-refractivity contribution in [3.8, 4) is 10.6 Å². The lowest BCUT2D eigenvalue weighted by molar-refractivity contribution is -0.115. The molecule has 7 heteroatoms. The summed E-state index contributed by atoms with van der Waals surface area (Å²) in [6.45, 7) is 1.97. The molecule has 0 aliphatic heterocycles. The number of nitrogens with zero attached hydrogens (tertiary/aromatic N) is 1. The molecule has 0 saturated heterocycles. The van der Waals surface area contributed by atoms with Gasteiger partial charge in [-0.1, -0.05) is 6.07 Å². The van der Waals surface area contributed by atoms with E-state index < -0.39 is 0 Å². The van der Waals surface area contributed by atoms with Crippen LogP contribution in [-0.2, 0) is 17.6 Å². The Morgan fingerprint density at radius 2 is 2.00 bits per heavy atom. The number of thiazole rings is 1. The van der Waals surface area contributed by atoms with E-state index in [4.69, 9.17) is 0 Å². The van der Waals surface area contributed by atoms with Crippen LogP contribution >= 0.6 is 22.7 Å². The van der Waals surface area contributed by atoms with Crippen LogP contribution in [0.3, 0.4) is 0 Å². The monoisotopic (exact) mass is 397 g/mol. The second-order valence-corrected chi connectivity index (χ2v) is 8.66. The van der Waals surface area contributed by atoms with Gasteiger partial charge in [0.1, 0.15) is 0 Å². The van der Waals surface area contributed by atoms with Crippen LogP contribution in [0.15, 0.2) is 35.7 Å². The van der Waals surface area contributed by atoms with Crippen LogP contribution < -0.4 is 10.6 Å². The van der Waals surface area contributed by atoms with E-state index in [1.807, 2.05) is 42.6 Å². The molecule has 0 radical (unpaired) electrons. The first-order chi connectivity index (χ1) is 13.1. The predicted molar refractivity (Wildman–Crippen MR) is 110 cm³/mol. The van der Waals surface area contributed by atoms with Crippen molar-refractivity contribution in [2.45, 2.75) is 26.2 Å². The van der Waals surface area contributed by atoms with Crippen molar-refractivity contribution in [1.82, 2.24) is 10.3 Å². The van der Waals surface area contributed by atoms with Crippen LogP contribution in [-0.4, -0.2) is 23.3 Å². The zero-order chi connectivity index (χ0) is 18.8. The molecule has 0 atom stereocenters. The molecule has 0 saturated carbocycles. The highest BCUT2D eigenvalue weighted by atomic mass is 32.1. The molecule has 138 valence electrons. The lowest BCUT2D eigenvalue weighted by Crippen LogP contribution is -2.32. The van der Waals surface area contributed by atoms with Gasteiger partial charge in [-0.25, -0.2) is 4.98 Å². The third-order valence-electron chi connectivity index (χ3n) is 4.51. The largest absolute Gasteiger partial charge is 0.343 e. The van der Waals surface area contributed by atoms with Crippen LogP contribution in [0.1, 0.15) is 32.8 Å². The van der Waals surface area contributed by atoms with E-state index in [0.29, 0.717) is 10.7 Å². The van der Waals surface area contributed by atoms with Crippen molar-refractivity contribution in [2.75, 3.05) is 11.9 Å². The Labute approximate surface area is 165 Å². The number of hydrogen-bond acceptors (Lipinski definition) is 5. The minimum absolute atomic E-state index is 0.0804. The zero-order valence-corrected chi connectivity index (χ0v) is 16.5. The molecule has 1 aliphatic rings. The fourth-order valence-electron chi connectivity index (χ4n) is 3.16. The molecule has 0 bridgehead atoms. The Morgan fingerprint density at radius 3 is 2.81 bits per heavy atom. The van der Waals surface area contributed by atoms with Gasteiger partial charge in [-0.3, -0.25) is 9.59 Å². The number of nitrogens with one attached hydrogen (secondary N) is 2. The average molecular weight is 398 g/mol. The number of rotatable bonds is 5. The fourth-order valence-corrected chi connectivity index (χ4v) is 4.79. The quantitative estimate of drug-likeness (QED) is 0.683. The molecule has 27 heavy (non-hydrogen) atoms. The minimum Gasteiger partial charge on any atom is -0.343 e. The summed E-state index contributed by atoms with van der Waals surface area (Å²) < 4.78 is 0. The number of carbonyl (C=O) groups is 2. The SMILES string of the molecule is Cc1ccc(-c2csc(NC(=O)CNC(=O)c3ccc4c(c3)CCC4)n2)s1. The molecule has 2 aromatic heterocycles. The van der Waals surface area contributed by atoms with Gasteiger partial charge in [-0.2, -0.15) is 0 Å². The van der Waals surface area contributed by atoms with Gasteiger partial charge in [0, 0.05) is 15.8 Å². The highest BCUT2D eigenvalue weighted by Crippen LogP contribution is 2.30. The van der Waals surface area contributed by atoms with Crippen molar-refractivity contribution in [3.05, 3.63) is 57.3 Å². The molecular weight excluding hydrogens is 378 g/mol. The summed E-state index contributed by atoms with van der Waals surface area (Å²) in [6, 6.07) is 9.85. The summed E-state index contributed by atoms with van der Waals surface area (Å²) >= 11 is 3.04. The summed E-state index contributed by atoms with van der Waals surface area (Å²) in [4.78, 5) is 31.2. The predicted octanol–water partition coefficient (Wildman–Crippen LogP) is 4.04. The first kappa shape index (κ1) is 17.9. The maximum atomic E-state index is 12.3. The van der Waals surface area contributed by atoms with E-state index in [1.165, 1.54) is 27.3 Å². The summed E-state index contributed by atoms with van der Waals surface area (Å²) in [6.07, 6.45) is 3.25. The molecule has 0 unspecified atom stereocenters. The Morgan fingerprint density at radius 1 is 1.15 bits per heavy atom. The lowest BCUT2D eigenvalue weighted by Gasteiger charge is -2.07. The Bertz CT molecular complexity index is 1010. The topological polar surface area (TPSA) is 71.1 Å². The molecular formula is C20H19N3O2S2. The van der Waals surface area contributed by atoms with Crippen molar-refractivity contribution in [3.63, 3.8) is 0 Å². The van der Waals surface area contributed by atoms with Gasteiger partial charge in [-0.15, -0.1) is 22.7 Å². The Balaban J connectivity index is 1.32. The first-order valence-corrected chi connectivity index (χ1v) is 10.5. The number of carbonyl (C=O) groups excluding carboxylic acids is 2. The summed E-state index contributed by atoms with van der Waals surface area (Å²) in [7, 11) is 0. The van der Waals surface area contributed by atoms with E-state index in [0.717, 1.165) is 29.8 Å². The fraction of sp³-hybridized carbons (Fsp3) is 0.250. The second-order valence-electron chi connectivity index (χ2n) is 6.52. The molecule has 0 spiro atoms. The van der Waals surface area contributed by atoms with E-state index in [-0.39, 0.29) is 18.4 Å². The number of thiophene rings is 1. The summed E-state index contributed by atoms with van der Waals surface area (Å²) in [5, 5.41) is 7.88. The smallest absolute Gasteiger partial charge is 0.251 e. The maximum Gasteiger partial charge on any atom is 0.251 e. The van der Waals surface area contributed by atoms with E-state index in [2.05, 4.69) is 15.6 Å². The molecule has 3 aromatic rings. The number of amides is 2. The van der Waals surface area contributed by atoms with Crippen molar-refractivity contribution < 1.29 is 9.59 Å². The van der Waals surface area contributed by atoms with Gasteiger partial charge in [0.25, 0.3) is 5.91 Å². The van der Waals surface area contributed by atoms with Gasteiger partial charge in [0.15, 0.2) is 5.13 Å². The highest BCUT2D eigenvalue weighted by molar-refractivity contribution is 7.17.